The largest absolute Gasteiger partial charge is 0.508 e. The molecule has 3 aromatic carbocycles. The fourth-order valence-corrected chi connectivity index (χ4v) is 8.51. The number of aliphatic imine (C=N–C) groups is 2. The van der Waals surface area contributed by atoms with Crippen molar-refractivity contribution in [2.24, 2.45) is 96.3 Å². The van der Waals surface area contributed by atoms with Gasteiger partial charge in [-0.25, -0.2) is 0 Å². The smallest absolute Gasteiger partial charge is 0.217 e. The summed E-state index contributed by atoms with van der Waals surface area (Å²) in [7, 11) is 0. The van der Waals surface area contributed by atoms with E-state index in [9.17, 15) is 9.59 Å². The fraction of sp³-hybridized carbons (Fsp3) is 0.671. The number of aliphatic hydroxyl groups excluding tert-OH is 1. The molecule has 2 heterocycles. The van der Waals surface area contributed by atoms with E-state index >= 15 is 0 Å². The Morgan fingerprint density at radius 2 is 1.09 bits per heavy atom. The van der Waals surface area contributed by atoms with Gasteiger partial charge in [-0.15, -0.1) is 0 Å². The number of benzene rings is 3. The minimum Gasteiger partial charge on any atom is -0.508 e. The lowest BCUT2D eigenvalue weighted by molar-refractivity contribution is -0.119. The Labute approximate surface area is 571 Å². The summed E-state index contributed by atoms with van der Waals surface area (Å²) >= 11 is 1.93. The number of hydrogen-bond donors (Lipinski definition) is 8. The van der Waals surface area contributed by atoms with Crippen molar-refractivity contribution in [1.82, 2.24) is 4.98 Å². The van der Waals surface area contributed by atoms with Crippen LogP contribution >= 0.6 is 11.8 Å². The number of aliphatic hydroxyl groups is 1. The van der Waals surface area contributed by atoms with Gasteiger partial charge in [-0.1, -0.05) is 226 Å². The summed E-state index contributed by atoms with van der Waals surface area (Å²) in [6.45, 7) is 53.4. The zero-order valence-corrected chi connectivity index (χ0v) is 64.6. The Kier molecular flexibility index (Phi) is 59.6. The summed E-state index contributed by atoms with van der Waals surface area (Å²) in [5.41, 5.74) is 33.2. The first-order valence-electron chi connectivity index (χ1n) is 34.5. The van der Waals surface area contributed by atoms with Crippen LogP contribution in [0.5, 0.6) is 5.75 Å². The number of fused-ring (bicyclic) bond motifs is 1. The summed E-state index contributed by atoms with van der Waals surface area (Å²) in [6, 6.07) is 26.5. The van der Waals surface area contributed by atoms with Gasteiger partial charge in [0.1, 0.15) is 5.75 Å². The number of carbonyl (C=O) groups excluding carboxylic acids is 2. The quantitative estimate of drug-likeness (QED) is 0.0213. The molecule has 2 amide bonds. The summed E-state index contributed by atoms with van der Waals surface area (Å²) < 4.78 is 0. The highest BCUT2D eigenvalue weighted by atomic mass is 32.2. The van der Waals surface area contributed by atoms with Crippen molar-refractivity contribution in [3.63, 3.8) is 0 Å². The van der Waals surface area contributed by atoms with Crippen molar-refractivity contribution in [1.29, 1.82) is 0 Å². The maximum absolute atomic E-state index is 10.1. The average Bonchev–Trinajstić information content (AvgIpc) is 1.71. The van der Waals surface area contributed by atoms with Gasteiger partial charge in [0.15, 0.2) is 5.96 Å². The van der Waals surface area contributed by atoms with Crippen LogP contribution in [0.1, 0.15) is 253 Å². The number of aromatic hydroxyl groups is 1. The van der Waals surface area contributed by atoms with Crippen molar-refractivity contribution in [3.8, 4) is 5.75 Å². The van der Waals surface area contributed by atoms with Crippen LogP contribution in [0, 0.1) is 57.7 Å². The van der Waals surface area contributed by atoms with Gasteiger partial charge < -0.3 is 43.9 Å². The number of carbonyl (C=O) groups is 2. The maximum Gasteiger partial charge on any atom is 0.217 e. The van der Waals surface area contributed by atoms with E-state index in [2.05, 4.69) is 207 Å². The number of nitrogens with zero attached hydrogens (tertiary/aromatic N) is 2. The normalized spacial score (nSPS) is 11.8. The molecule has 1 aromatic heterocycles. The molecule has 12 nitrogen and oxygen atoms in total. The van der Waals surface area contributed by atoms with Crippen molar-refractivity contribution in [3.05, 3.63) is 114 Å². The number of hydrogen-bond acceptors (Lipinski definition) is 8. The highest BCUT2D eigenvalue weighted by molar-refractivity contribution is 7.98. The Morgan fingerprint density at radius 3 is 1.43 bits per heavy atom. The molecule has 1 unspecified atom stereocenters. The molecule has 13 N–H and O–H groups in total. The Bertz CT molecular complexity index is 2420. The number of amides is 2. The van der Waals surface area contributed by atoms with Crippen LogP contribution in [0.2, 0.25) is 0 Å². The van der Waals surface area contributed by atoms with E-state index in [1.54, 1.807) is 19.1 Å². The van der Waals surface area contributed by atoms with E-state index in [1.165, 1.54) is 83.9 Å². The highest BCUT2D eigenvalue weighted by Crippen LogP contribution is 2.27. The summed E-state index contributed by atoms with van der Waals surface area (Å²) in [5.74, 6) is 6.23. The maximum atomic E-state index is 10.1. The van der Waals surface area contributed by atoms with Crippen LogP contribution < -0.4 is 28.7 Å². The van der Waals surface area contributed by atoms with E-state index in [4.69, 9.17) is 38.9 Å². The standard InChI is InChI=1S/C12H15N.C10H14O.C10H14.C9H15N.C8H19N.C7H17N3.C6H13NO.C6H14O.C6H14S.C5H11NO/c1-9(2)7-10-8-13-12-6-4-3-5-11(10)12;1-8(2)7-9-3-5-10(11)6-4-9;1-9(2)8-10-6-4-3-5-7-10;1-9(2,3)6-8-4-5-10-7-8;1-8(2,3)6-4-5-7-9;1-6(2)4-3-5-10-7(8)9;1-5(2)3-4-6(7)8;1-5(7)6(2,3)4;1-6(2)4-5-7-3;1-4(2)3-5(6)7/h3-6,8-9,13H,7H2,1-2H3;3-6,8,11H,7H2,1-2H3;3-7,9H,8H2,1-2H3;5,7H,4,6H2,1-3H3;4-7,9H2,1-3H3;6H,3-5H2,1-2H3,(H4,8,9,10);5H,3-4H2,1-2H3,(H2,7,8);5,7H,1-4H3;6H,4-5H2,1-3H3;4H,3H2,1-2H3,(H2,6,7). The third-order valence-electron chi connectivity index (χ3n) is 13.2. The minimum absolute atomic E-state index is 0.0556. The van der Waals surface area contributed by atoms with Crippen LogP contribution in [0.25, 0.3) is 10.9 Å². The third kappa shape index (κ3) is 75.6. The summed E-state index contributed by atoms with van der Waals surface area (Å²) in [6.07, 6.45) is 23.0. The molecule has 0 bridgehead atoms. The van der Waals surface area contributed by atoms with E-state index in [0.29, 0.717) is 47.2 Å². The molecule has 1 aliphatic heterocycles. The molecule has 1 atom stereocenters. The molecule has 0 radical (unpaired) electrons. The van der Waals surface area contributed by atoms with E-state index in [-0.39, 0.29) is 29.3 Å². The molecule has 13 heteroatoms. The highest BCUT2D eigenvalue weighted by Gasteiger charge is 2.16. The number of aromatic amines is 1. The number of guanidine groups is 1. The second-order valence-electron chi connectivity index (χ2n) is 30.7. The van der Waals surface area contributed by atoms with Gasteiger partial charge in [0, 0.05) is 55.3 Å². The average molecular weight is 1300 g/mol. The van der Waals surface area contributed by atoms with Gasteiger partial charge in [-0.3, -0.25) is 19.6 Å². The minimum atomic E-state index is -0.213. The van der Waals surface area contributed by atoms with E-state index in [0.717, 1.165) is 68.9 Å². The van der Waals surface area contributed by atoms with Gasteiger partial charge in [-0.2, -0.15) is 11.8 Å². The number of nitrogens with one attached hydrogen (secondary N) is 1. The van der Waals surface area contributed by atoms with E-state index in [1.807, 2.05) is 70.9 Å². The molecule has 4 aromatic rings. The number of aromatic nitrogens is 1. The number of unbranched alkanes of at least 4 members (excludes halogenated alkanes) is 1. The first kappa shape index (κ1) is 95.6. The second kappa shape index (κ2) is 57.3. The molecule has 0 saturated heterocycles. The van der Waals surface area contributed by atoms with Crippen LogP contribution in [0.15, 0.2) is 107 Å². The predicted octanol–water partition coefficient (Wildman–Crippen LogP) is 19.7. The third-order valence-corrected chi connectivity index (χ3v) is 13.8. The number of H-pyrrole nitrogens is 1. The number of phenols is 1. The van der Waals surface area contributed by atoms with Gasteiger partial charge in [0.2, 0.25) is 11.8 Å². The van der Waals surface area contributed by atoms with Gasteiger partial charge in [0.05, 0.1) is 6.10 Å². The number of allylic oxidation sites excluding steroid dienone is 1. The summed E-state index contributed by atoms with van der Waals surface area (Å²) in [4.78, 5) is 31.4. The molecule has 0 saturated carbocycles. The van der Waals surface area contributed by atoms with Gasteiger partial charge in [-0.05, 0) is 188 Å². The number of nitrogens with two attached hydrogens (primary N) is 5. The SMILES string of the molecule is CC(C)(C)CC1=CN=CC1.CC(C)(C)CCCCN.CC(C)CC(N)=O.CC(C)CCC(N)=O.CC(C)CCCN=C(N)N.CC(C)Cc1c[nH]c2ccccc12.CC(C)Cc1ccc(O)cc1.CC(C)Cc1ccccc1.CC(O)C(C)(C)C.CSCCC(C)C. The number of thioether (sulfide) groups is 1. The monoisotopic (exact) mass is 1300 g/mol. The number of rotatable bonds is 22. The summed E-state index contributed by atoms with van der Waals surface area (Å²) in [5, 5.41) is 19.3. The molecule has 0 fully saturated rings. The second-order valence-corrected chi connectivity index (χ2v) is 31.7. The zero-order valence-electron chi connectivity index (χ0n) is 63.8. The molecular formula is C79H146N8O4S. The van der Waals surface area contributed by atoms with Crippen LogP contribution in [-0.4, -0.2) is 70.4 Å². The van der Waals surface area contributed by atoms with Crippen molar-refractivity contribution in [2.45, 2.75) is 262 Å². The topological polar surface area (TPSA) is 245 Å². The molecule has 0 spiro atoms. The number of para-hydroxylation sites is 1. The van der Waals surface area contributed by atoms with Crippen LogP contribution in [0.3, 0.4) is 0 Å². The van der Waals surface area contributed by atoms with Crippen molar-refractivity contribution >= 4 is 46.7 Å². The first-order chi connectivity index (χ1) is 42.5. The van der Waals surface area contributed by atoms with Crippen LogP contribution in [0.4, 0.5) is 0 Å². The lowest BCUT2D eigenvalue weighted by atomic mass is 9.88. The lowest BCUT2D eigenvalue weighted by Crippen LogP contribution is -2.22. The number of primary amides is 2. The lowest BCUT2D eigenvalue weighted by Gasteiger charge is -2.21. The Hall–Kier alpha value is -5.11. The predicted molar refractivity (Wildman–Crippen MR) is 412 cm³/mol. The number of phenolic OH excluding ortho intramolecular Hbond substituents is 1. The van der Waals surface area contributed by atoms with Crippen molar-refractivity contribution < 1.29 is 19.8 Å². The molecule has 1 aliphatic rings. The van der Waals surface area contributed by atoms with Crippen molar-refractivity contribution in [2.75, 3.05) is 25.1 Å². The fourth-order valence-electron chi connectivity index (χ4n) is 7.80. The Balaban J connectivity index is -0.000000307. The van der Waals surface area contributed by atoms with Gasteiger partial charge >= 0.3 is 0 Å². The molecule has 0 aliphatic carbocycles. The first-order valence-corrected chi connectivity index (χ1v) is 35.9. The van der Waals surface area contributed by atoms with Gasteiger partial charge in [0.25, 0.3) is 0 Å². The molecule has 532 valence electrons. The molecule has 92 heavy (non-hydrogen) atoms. The molecule has 5 rings (SSSR count). The van der Waals surface area contributed by atoms with Crippen LogP contribution in [-0.2, 0) is 28.9 Å². The van der Waals surface area contributed by atoms with E-state index < -0.39 is 0 Å². The Morgan fingerprint density at radius 1 is 0.598 bits per heavy atom. The molecular weight excluding hydrogens is 1160 g/mol. The zero-order chi connectivity index (χ0) is 72.1.